The first-order chi connectivity index (χ1) is 18.3. The van der Waals surface area contributed by atoms with Crippen LogP contribution in [-0.2, 0) is 31.9 Å². The number of aromatic amines is 1. The van der Waals surface area contributed by atoms with Gasteiger partial charge in [-0.2, -0.15) is 0 Å². The molecule has 0 radical (unpaired) electrons. The third-order valence-electron chi connectivity index (χ3n) is 6.96. The Kier molecular flexibility index (Phi) is 7.04. The highest BCUT2D eigenvalue weighted by Crippen LogP contribution is 2.22. The number of aromatic nitrogens is 3. The average Bonchev–Trinajstić information content (AvgIpc) is 3.44. The molecule has 196 valence electrons. The minimum absolute atomic E-state index is 0.0512. The lowest BCUT2D eigenvalue weighted by molar-refractivity contribution is -0.139. The number of para-hydroxylation sites is 1. The Morgan fingerprint density at radius 1 is 1.03 bits per heavy atom. The van der Waals surface area contributed by atoms with Crippen molar-refractivity contribution in [1.82, 2.24) is 19.4 Å². The number of hydrogen-bond donors (Lipinski definition) is 4. The van der Waals surface area contributed by atoms with E-state index in [0.29, 0.717) is 24.3 Å². The van der Waals surface area contributed by atoms with Crippen molar-refractivity contribution in [3.05, 3.63) is 100 Å². The van der Waals surface area contributed by atoms with Crippen molar-refractivity contribution < 1.29 is 19.7 Å². The molecule has 0 unspecified atom stereocenters. The monoisotopic (exact) mass is 514 g/mol. The molecule has 3 aromatic carbocycles. The molecule has 5 rings (SSSR count). The third kappa shape index (κ3) is 5.06. The molecule has 4 N–H and O–H groups in total. The van der Waals surface area contributed by atoms with E-state index >= 15 is 0 Å². The maximum Gasteiger partial charge on any atom is 0.328 e. The molecule has 0 spiro atoms. The molecule has 38 heavy (non-hydrogen) atoms. The summed E-state index contributed by atoms with van der Waals surface area (Å²) < 4.78 is 8.90. The highest BCUT2D eigenvalue weighted by atomic mass is 16.5. The molecule has 9 heteroatoms. The Morgan fingerprint density at radius 3 is 2.53 bits per heavy atom. The summed E-state index contributed by atoms with van der Waals surface area (Å²) in [6, 6.07) is 19.8. The minimum Gasteiger partial charge on any atom is -0.491 e. The number of ether oxygens (including phenoxy) is 1. The van der Waals surface area contributed by atoms with Gasteiger partial charge in [-0.15, -0.1) is 0 Å². The largest absolute Gasteiger partial charge is 0.491 e. The van der Waals surface area contributed by atoms with Crippen molar-refractivity contribution in [2.45, 2.75) is 25.1 Å². The number of hydrogen-bond acceptors (Lipinski definition) is 5. The minimum atomic E-state index is -0.905. The maximum absolute atomic E-state index is 12.1. The van der Waals surface area contributed by atoms with Crippen LogP contribution in [0.3, 0.4) is 0 Å². The Labute approximate surface area is 218 Å². The molecule has 2 heterocycles. The smallest absolute Gasteiger partial charge is 0.328 e. The van der Waals surface area contributed by atoms with E-state index < -0.39 is 18.1 Å². The number of carboxylic acids is 1. The molecule has 0 bridgehead atoms. The van der Waals surface area contributed by atoms with E-state index in [1.807, 2.05) is 48.7 Å². The van der Waals surface area contributed by atoms with E-state index in [9.17, 15) is 19.8 Å². The number of benzene rings is 3. The fraction of sp³-hybridized carbons (Fsp3) is 0.241. The van der Waals surface area contributed by atoms with Gasteiger partial charge in [0.2, 0.25) is 0 Å². The van der Waals surface area contributed by atoms with E-state index in [1.54, 1.807) is 47.5 Å². The SMILES string of the molecule is Cn1c(=O)n(C)c2cc([C@H](O)COc3ccc(CN[C@H](Cc4c[nH]c5ccccc45)C(=O)O)cc3)ccc21. The number of fused-ring (bicyclic) bond motifs is 2. The standard InChI is InChI=1S/C29H30N4O5/c1-32-25-12-9-19(14-26(25)33(2)29(32)37)27(34)17-38-21-10-7-18(8-11-21)15-30-24(28(35)36)13-20-16-31-23-6-4-3-5-22(20)23/h3-12,14,16,24,27,30-31,34H,13,15,17H2,1-2H3,(H,35,36)/t24-,27-/m1/s1. The fourth-order valence-electron chi connectivity index (χ4n) is 4.71. The second-order valence-electron chi connectivity index (χ2n) is 9.45. The Balaban J connectivity index is 1.17. The summed E-state index contributed by atoms with van der Waals surface area (Å²) >= 11 is 0. The highest BCUT2D eigenvalue weighted by molar-refractivity contribution is 5.84. The second-order valence-corrected chi connectivity index (χ2v) is 9.45. The number of nitrogens with zero attached hydrogens (tertiary/aromatic N) is 2. The number of rotatable bonds is 10. The van der Waals surface area contributed by atoms with Gasteiger partial charge in [-0.25, -0.2) is 4.79 Å². The van der Waals surface area contributed by atoms with E-state index in [0.717, 1.165) is 33.1 Å². The number of carboxylic acid groups (broad SMARTS) is 1. The van der Waals surface area contributed by atoms with Gasteiger partial charge in [0.15, 0.2) is 0 Å². The van der Waals surface area contributed by atoms with Gasteiger partial charge in [-0.3, -0.25) is 13.9 Å². The summed E-state index contributed by atoms with van der Waals surface area (Å²) in [4.78, 5) is 27.2. The van der Waals surface area contributed by atoms with Gasteiger partial charge in [0, 0.05) is 44.2 Å². The van der Waals surface area contributed by atoms with Crippen LogP contribution in [-0.4, -0.2) is 42.9 Å². The van der Waals surface area contributed by atoms with Crippen molar-refractivity contribution in [2.75, 3.05) is 6.61 Å². The number of aliphatic carboxylic acids is 1. The molecule has 5 aromatic rings. The molecular weight excluding hydrogens is 484 g/mol. The van der Waals surface area contributed by atoms with Crippen LogP contribution in [0.2, 0.25) is 0 Å². The van der Waals surface area contributed by atoms with Gasteiger partial charge in [-0.05, 0) is 47.0 Å². The quantitative estimate of drug-likeness (QED) is 0.227. The predicted octanol–water partition coefficient (Wildman–Crippen LogP) is 3.26. The van der Waals surface area contributed by atoms with Gasteiger partial charge in [0.25, 0.3) is 0 Å². The number of imidazole rings is 1. The van der Waals surface area contributed by atoms with Crippen molar-refractivity contribution in [3.63, 3.8) is 0 Å². The van der Waals surface area contributed by atoms with Gasteiger partial charge in [0.1, 0.15) is 24.5 Å². The van der Waals surface area contributed by atoms with Crippen LogP contribution in [0.15, 0.2) is 77.7 Å². The molecule has 0 aliphatic heterocycles. The van der Waals surface area contributed by atoms with Crippen LogP contribution < -0.4 is 15.7 Å². The first-order valence-corrected chi connectivity index (χ1v) is 12.4. The lowest BCUT2D eigenvalue weighted by atomic mass is 10.0. The van der Waals surface area contributed by atoms with E-state index in [4.69, 9.17) is 4.74 Å². The van der Waals surface area contributed by atoms with Crippen molar-refractivity contribution in [2.24, 2.45) is 14.1 Å². The van der Waals surface area contributed by atoms with Gasteiger partial charge < -0.3 is 25.3 Å². The van der Waals surface area contributed by atoms with E-state index in [-0.39, 0.29) is 12.3 Å². The average molecular weight is 515 g/mol. The molecule has 0 fully saturated rings. The number of aliphatic hydroxyl groups is 1. The summed E-state index contributed by atoms with van der Waals surface area (Å²) in [5.74, 6) is -0.312. The molecule has 0 aliphatic rings. The van der Waals surface area contributed by atoms with Gasteiger partial charge in [-0.1, -0.05) is 36.4 Å². The number of carbonyl (C=O) groups is 1. The molecule has 0 saturated heterocycles. The van der Waals surface area contributed by atoms with Crippen molar-refractivity contribution in [1.29, 1.82) is 0 Å². The second kappa shape index (κ2) is 10.6. The summed E-state index contributed by atoms with van der Waals surface area (Å²) in [5, 5.41) is 24.5. The van der Waals surface area contributed by atoms with Crippen LogP contribution >= 0.6 is 0 Å². The maximum atomic E-state index is 12.1. The fourth-order valence-corrected chi connectivity index (χ4v) is 4.71. The molecule has 0 saturated carbocycles. The normalized spacial score (nSPS) is 13.1. The number of aliphatic hydroxyl groups excluding tert-OH is 1. The Bertz CT molecular complexity index is 1650. The van der Waals surface area contributed by atoms with Gasteiger partial charge in [0.05, 0.1) is 11.0 Å². The zero-order valence-electron chi connectivity index (χ0n) is 21.2. The Hall–Kier alpha value is -4.34. The summed E-state index contributed by atoms with van der Waals surface area (Å²) in [7, 11) is 3.42. The third-order valence-corrected chi connectivity index (χ3v) is 6.96. The zero-order chi connectivity index (χ0) is 26.8. The van der Waals surface area contributed by atoms with Crippen molar-refractivity contribution >= 4 is 27.9 Å². The zero-order valence-corrected chi connectivity index (χ0v) is 21.2. The number of aryl methyl sites for hydroxylation is 2. The summed E-state index contributed by atoms with van der Waals surface area (Å²) in [5.41, 5.74) is 4.94. The molecule has 2 atom stereocenters. The molecule has 9 nitrogen and oxygen atoms in total. The molecule has 0 aliphatic carbocycles. The van der Waals surface area contributed by atoms with Crippen LogP contribution in [0.1, 0.15) is 22.8 Å². The topological polar surface area (TPSA) is 122 Å². The lowest BCUT2D eigenvalue weighted by Gasteiger charge is -2.15. The summed E-state index contributed by atoms with van der Waals surface area (Å²) in [6.07, 6.45) is 1.36. The van der Waals surface area contributed by atoms with Crippen LogP contribution in [0, 0.1) is 0 Å². The van der Waals surface area contributed by atoms with Crippen LogP contribution in [0.4, 0.5) is 0 Å². The molecule has 0 amide bonds. The predicted molar refractivity (Wildman–Crippen MR) is 145 cm³/mol. The lowest BCUT2D eigenvalue weighted by Crippen LogP contribution is -2.38. The van der Waals surface area contributed by atoms with Crippen LogP contribution in [0.25, 0.3) is 21.9 Å². The first-order valence-electron chi connectivity index (χ1n) is 12.4. The van der Waals surface area contributed by atoms with Gasteiger partial charge >= 0.3 is 11.7 Å². The van der Waals surface area contributed by atoms with Crippen molar-refractivity contribution in [3.8, 4) is 5.75 Å². The highest BCUT2D eigenvalue weighted by Gasteiger charge is 2.19. The number of H-pyrrole nitrogens is 1. The van der Waals surface area contributed by atoms with E-state index in [2.05, 4.69) is 10.3 Å². The van der Waals surface area contributed by atoms with Crippen LogP contribution in [0.5, 0.6) is 5.75 Å². The molecule has 2 aromatic heterocycles. The molecular formula is C29H30N4O5. The Morgan fingerprint density at radius 2 is 1.76 bits per heavy atom. The first kappa shape index (κ1) is 25.3. The van der Waals surface area contributed by atoms with E-state index in [1.165, 1.54) is 0 Å². The summed E-state index contributed by atoms with van der Waals surface area (Å²) in [6.45, 7) is 0.438. The number of nitrogens with one attached hydrogen (secondary N) is 2.